The van der Waals surface area contributed by atoms with Crippen LogP contribution in [0.1, 0.15) is 6.42 Å². The van der Waals surface area contributed by atoms with E-state index in [0.29, 0.717) is 5.92 Å². The SMILES string of the molecule is O[C@H]1NC=CC2=C[C@@H](OC[C@@H]3CC[NH2+]C3)[C@H](Cl)C=C21. The van der Waals surface area contributed by atoms with Crippen LogP contribution in [0.25, 0.3) is 0 Å². The van der Waals surface area contributed by atoms with Crippen molar-refractivity contribution in [3.8, 4) is 0 Å². The van der Waals surface area contributed by atoms with Gasteiger partial charge in [0.1, 0.15) is 0 Å². The highest BCUT2D eigenvalue weighted by molar-refractivity contribution is 6.22. The molecule has 4 atom stereocenters. The first-order valence-electron chi connectivity index (χ1n) is 6.86. The highest BCUT2D eigenvalue weighted by Crippen LogP contribution is 2.29. The number of nitrogens with two attached hydrogens (primary N) is 1. The highest BCUT2D eigenvalue weighted by Gasteiger charge is 2.29. The molecule has 0 aromatic carbocycles. The molecule has 4 N–H and O–H groups in total. The minimum Gasteiger partial charge on any atom is -0.372 e. The minimum absolute atomic E-state index is 0.101. The number of alkyl halides is 1. The predicted octanol–water partition coefficient (Wildman–Crippen LogP) is -0.136. The molecule has 1 saturated heterocycles. The Morgan fingerprint density at radius 3 is 3.16 bits per heavy atom. The Kier molecular flexibility index (Phi) is 3.93. The van der Waals surface area contributed by atoms with Crippen molar-refractivity contribution in [1.29, 1.82) is 0 Å². The molecule has 3 aliphatic rings. The van der Waals surface area contributed by atoms with Crippen LogP contribution in [0.5, 0.6) is 0 Å². The maximum Gasteiger partial charge on any atom is 0.150 e. The van der Waals surface area contributed by atoms with E-state index < -0.39 is 6.23 Å². The van der Waals surface area contributed by atoms with E-state index in [0.717, 1.165) is 24.3 Å². The second-order valence-corrected chi connectivity index (χ2v) is 5.86. The zero-order chi connectivity index (χ0) is 13.2. The second kappa shape index (κ2) is 5.67. The lowest BCUT2D eigenvalue weighted by Gasteiger charge is -2.29. The van der Waals surface area contributed by atoms with E-state index in [1.165, 1.54) is 13.0 Å². The lowest BCUT2D eigenvalue weighted by molar-refractivity contribution is -0.638. The van der Waals surface area contributed by atoms with Crippen molar-refractivity contribution in [3.63, 3.8) is 0 Å². The van der Waals surface area contributed by atoms with Gasteiger partial charge in [0.05, 0.1) is 31.2 Å². The molecule has 2 heterocycles. The molecule has 0 bridgehead atoms. The fourth-order valence-corrected chi connectivity index (χ4v) is 3.09. The third kappa shape index (κ3) is 2.87. The van der Waals surface area contributed by atoms with Crippen molar-refractivity contribution in [3.05, 3.63) is 35.6 Å². The van der Waals surface area contributed by atoms with E-state index in [4.69, 9.17) is 16.3 Å². The van der Waals surface area contributed by atoms with E-state index in [2.05, 4.69) is 10.6 Å². The summed E-state index contributed by atoms with van der Waals surface area (Å²) in [7, 11) is 0. The Hall–Kier alpha value is -0.810. The van der Waals surface area contributed by atoms with E-state index in [1.54, 1.807) is 6.20 Å². The van der Waals surface area contributed by atoms with Crippen LogP contribution in [0.4, 0.5) is 0 Å². The molecule has 0 aromatic heterocycles. The Bertz CT molecular complexity index is 427. The molecule has 0 aromatic rings. The maximum atomic E-state index is 9.84. The molecule has 3 rings (SSSR count). The minimum atomic E-state index is -0.664. The van der Waals surface area contributed by atoms with Crippen LogP contribution in [0.3, 0.4) is 0 Å². The van der Waals surface area contributed by atoms with E-state index >= 15 is 0 Å². The van der Waals surface area contributed by atoms with Crippen LogP contribution < -0.4 is 10.6 Å². The van der Waals surface area contributed by atoms with Gasteiger partial charge in [-0.15, -0.1) is 11.6 Å². The number of nitrogens with one attached hydrogen (secondary N) is 1. The lowest BCUT2D eigenvalue weighted by Crippen LogP contribution is -2.81. The Balaban J connectivity index is 1.65. The number of halogens is 1. The summed E-state index contributed by atoms with van der Waals surface area (Å²) in [5.41, 5.74) is 1.85. The van der Waals surface area contributed by atoms with Gasteiger partial charge in [0.2, 0.25) is 0 Å². The number of quaternary nitrogens is 1. The van der Waals surface area contributed by atoms with Crippen LogP contribution in [0.15, 0.2) is 35.6 Å². The van der Waals surface area contributed by atoms with Crippen molar-refractivity contribution in [1.82, 2.24) is 5.32 Å². The van der Waals surface area contributed by atoms with Gasteiger partial charge in [-0.25, -0.2) is 0 Å². The van der Waals surface area contributed by atoms with Crippen LogP contribution in [0.2, 0.25) is 0 Å². The molecule has 0 unspecified atom stereocenters. The number of aliphatic hydroxyl groups excluding tert-OH is 1. The van der Waals surface area contributed by atoms with E-state index in [-0.39, 0.29) is 11.5 Å². The fourth-order valence-electron chi connectivity index (χ4n) is 2.81. The normalized spacial score (nSPS) is 37.4. The van der Waals surface area contributed by atoms with E-state index in [9.17, 15) is 5.11 Å². The van der Waals surface area contributed by atoms with Gasteiger partial charge in [0.15, 0.2) is 6.23 Å². The zero-order valence-electron chi connectivity index (χ0n) is 10.8. The van der Waals surface area contributed by atoms with Gasteiger partial charge in [0, 0.05) is 17.9 Å². The maximum absolute atomic E-state index is 9.84. The third-order valence-electron chi connectivity index (χ3n) is 3.94. The van der Waals surface area contributed by atoms with Crippen LogP contribution in [-0.4, -0.2) is 42.5 Å². The number of fused-ring (bicyclic) bond motifs is 1. The molecule has 5 heteroatoms. The number of allylic oxidation sites excluding steroid dienone is 1. The average molecular weight is 284 g/mol. The van der Waals surface area contributed by atoms with Gasteiger partial charge >= 0.3 is 0 Å². The topological polar surface area (TPSA) is 58.1 Å². The first-order chi connectivity index (χ1) is 9.24. The Labute approximate surface area is 118 Å². The second-order valence-electron chi connectivity index (χ2n) is 5.36. The third-order valence-corrected chi connectivity index (χ3v) is 4.32. The van der Waals surface area contributed by atoms with Gasteiger partial charge in [0.25, 0.3) is 0 Å². The van der Waals surface area contributed by atoms with Crippen molar-refractivity contribution < 1.29 is 15.2 Å². The number of hydrogen-bond acceptors (Lipinski definition) is 3. The summed E-state index contributed by atoms with van der Waals surface area (Å²) in [5, 5.41) is 14.8. The average Bonchev–Trinajstić information content (AvgIpc) is 2.91. The number of aliphatic hydroxyl groups is 1. The number of rotatable bonds is 3. The molecule has 0 amide bonds. The molecular weight excluding hydrogens is 264 g/mol. The van der Waals surface area contributed by atoms with Gasteiger partial charge in [-0.1, -0.05) is 6.08 Å². The van der Waals surface area contributed by atoms with Gasteiger partial charge in [-0.05, 0) is 23.9 Å². The summed E-state index contributed by atoms with van der Waals surface area (Å²) in [6, 6.07) is 0. The summed E-state index contributed by atoms with van der Waals surface area (Å²) in [5.74, 6) is 0.641. The summed E-state index contributed by atoms with van der Waals surface area (Å²) in [4.78, 5) is 0. The monoisotopic (exact) mass is 283 g/mol. The largest absolute Gasteiger partial charge is 0.372 e. The first kappa shape index (κ1) is 13.2. The van der Waals surface area contributed by atoms with Crippen molar-refractivity contribution in [2.24, 2.45) is 5.92 Å². The highest BCUT2D eigenvalue weighted by atomic mass is 35.5. The number of ether oxygens (including phenoxy) is 1. The predicted molar refractivity (Wildman–Crippen MR) is 73.6 cm³/mol. The molecule has 1 fully saturated rings. The lowest BCUT2D eigenvalue weighted by atomic mass is 9.93. The Morgan fingerprint density at radius 2 is 2.37 bits per heavy atom. The molecule has 1 aliphatic carbocycles. The smallest absolute Gasteiger partial charge is 0.150 e. The van der Waals surface area contributed by atoms with Crippen molar-refractivity contribution in [2.75, 3.05) is 19.7 Å². The van der Waals surface area contributed by atoms with Crippen molar-refractivity contribution >= 4 is 11.6 Å². The molecule has 19 heavy (non-hydrogen) atoms. The summed E-state index contributed by atoms with van der Waals surface area (Å²) in [6.07, 6.45) is 8.07. The number of hydrogen-bond donors (Lipinski definition) is 3. The van der Waals surface area contributed by atoms with Crippen LogP contribution >= 0.6 is 11.6 Å². The zero-order valence-corrected chi connectivity index (χ0v) is 11.5. The van der Waals surface area contributed by atoms with Crippen LogP contribution in [0, 0.1) is 5.92 Å². The molecule has 0 spiro atoms. The van der Waals surface area contributed by atoms with Gasteiger partial charge < -0.3 is 20.5 Å². The van der Waals surface area contributed by atoms with Crippen molar-refractivity contribution in [2.45, 2.75) is 24.1 Å². The standard InChI is InChI=1S/C14H19ClN2O2/c15-12-6-11-10(2-4-17-14(11)18)5-13(12)19-8-9-1-3-16-7-9/h2,4-6,9,12-14,16-18H,1,3,7-8H2/p+1/t9-,12-,13-,14-/m1/s1. The van der Waals surface area contributed by atoms with E-state index in [1.807, 2.05) is 18.2 Å². The molecular formula is C14H20ClN2O2+. The fraction of sp³-hybridized carbons (Fsp3) is 0.571. The van der Waals surface area contributed by atoms with Gasteiger partial charge in [-0.2, -0.15) is 0 Å². The summed E-state index contributed by atoms with van der Waals surface area (Å²) in [6.45, 7) is 3.12. The van der Waals surface area contributed by atoms with Crippen LogP contribution in [-0.2, 0) is 4.74 Å². The molecule has 0 saturated carbocycles. The Morgan fingerprint density at radius 1 is 1.47 bits per heavy atom. The molecule has 104 valence electrons. The molecule has 0 radical (unpaired) electrons. The molecule has 2 aliphatic heterocycles. The first-order valence-corrected chi connectivity index (χ1v) is 7.29. The molecule has 4 nitrogen and oxygen atoms in total. The summed E-state index contributed by atoms with van der Waals surface area (Å²) < 4.78 is 5.95. The summed E-state index contributed by atoms with van der Waals surface area (Å²) >= 11 is 6.34. The van der Waals surface area contributed by atoms with Gasteiger partial charge in [-0.3, -0.25) is 0 Å². The quantitative estimate of drug-likeness (QED) is 0.632.